The molecule has 0 aliphatic heterocycles. The number of nitrogens with one attached hydrogen (secondary N) is 1. The first-order chi connectivity index (χ1) is 5.20. The summed E-state index contributed by atoms with van der Waals surface area (Å²) < 4.78 is 5.32. The zero-order chi connectivity index (χ0) is 8.27. The minimum absolute atomic E-state index is 0.220. The molecular weight excluding hydrogens is 142 g/mol. The summed E-state index contributed by atoms with van der Waals surface area (Å²) in [7, 11) is 0. The number of H-pyrrole nitrogens is 1. The van der Waals surface area contributed by atoms with E-state index in [1.165, 1.54) is 0 Å². The molecule has 0 radical (unpaired) electrons. The molecule has 3 N–H and O–H groups in total. The fourth-order valence-electron chi connectivity index (χ4n) is 0.688. The molecule has 0 amide bonds. The fraction of sp³-hybridized carbons (Fsp3) is 0.571. The maximum absolute atomic E-state index is 5.55. The normalized spacial score (nSPS) is 10.8. The van der Waals surface area contributed by atoms with Crippen molar-refractivity contribution in [1.29, 1.82) is 0 Å². The molecule has 0 fully saturated rings. The molecule has 0 saturated heterocycles. The van der Waals surface area contributed by atoms with E-state index in [0.29, 0.717) is 12.3 Å². The molecule has 1 aromatic rings. The lowest BCUT2D eigenvalue weighted by molar-refractivity contribution is 0.0639. The highest BCUT2D eigenvalue weighted by Crippen LogP contribution is 2.07. The van der Waals surface area contributed by atoms with Crippen LogP contribution in [-0.4, -0.2) is 16.3 Å². The van der Waals surface area contributed by atoms with Crippen molar-refractivity contribution in [2.24, 2.45) is 0 Å². The zero-order valence-corrected chi connectivity index (χ0v) is 6.79. The highest BCUT2D eigenvalue weighted by atomic mass is 16.5. The Morgan fingerprint density at radius 2 is 2.45 bits per heavy atom. The molecule has 0 unspecified atom stereocenters. The minimum atomic E-state index is 0.220. The van der Waals surface area contributed by atoms with Crippen molar-refractivity contribution in [3.8, 4) is 0 Å². The Morgan fingerprint density at radius 1 is 1.73 bits per heavy atom. The van der Waals surface area contributed by atoms with E-state index in [-0.39, 0.29) is 6.10 Å². The number of nitrogens with two attached hydrogens (primary N) is 1. The SMILES string of the molecule is CC(C)OCc1[nH]ncc1N. The summed E-state index contributed by atoms with van der Waals surface area (Å²) in [4.78, 5) is 0. The third-order valence-corrected chi connectivity index (χ3v) is 1.31. The molecule has 0 aliphatic rings. The van der Waals surface area contributed by atoms with Crippen molar-refractivity contribution in [3.05, 3.63) is 11.9 Å². The Kier molecular flexibility index (Phi) is 2.48. The molecule has 62 valence electrons. The number of hydrogen-bond acceptors (Lipinski definition) is 3. The van der Waals surface area contributed by atoms with Crippen LogP contribution in [0.5, 0.6) is 0 Å². The Morgan fingerprint density at radius 3 is 2.91 bits per heavy atom. The summed E-state index contributed by atoms with van der Waals surface area (Å²) in [5.41, 5.74) is 7.06. The number of nitrogens with zero attached hydrogens (tertiary/aromatic N) is 1. The maximum Gasteiger partial charge on any atom is 0.0906 e. The molecule has 0 saturated carbocycles. The summed E-state index contributed by atoms with van der Waals surface area (Å²) in [6, 6.07) is 0. The van der Waals surface area contributed by atoms with E-state index in [4.69, 9.17) is 10.5 Å². The van der Waals surface area contributed by atoms with Gasteiger partial charge in [0.05, 0.1) is 30.3 Å². The van der Waals surface area contributed by atoms with E-state index >= 15 is 0 Å². The second kappa shape index (κ2) is 3.39. The van der Waals surface area contributed by atoms with Gasteiger partial charge < -0.3 is 10.5 Å². The van der Waals surface area contributed by atoms with Crippen LogP contribution in [0, 0.1) is 0 Å². The van der Waals surface area contributed by atoms with E-state index < -0.39 is 0 Å². The number of aromatic nitrogens is 2. The molecule has 0 aliphatic carbocycles. The van der Waals surface area contributed by atoms with E-state index in [2.05, 4.69) is 10.2 Å². The van der Waals surface area contributed by atoms with Crippen molar-refractivity contribution in [1.82, 2.24) is 10.2 Å². The summed E-state index contributed by atoms with van der Waals surface area (Å²) in [6.45, 7) is 4.46. The Balaban J connectivity index is 2.44. The van der Waals surface area contributed by atoms with Crippen LogP contribution in [0.15, 0.2) is 6.20 Å². The fourth-order valence-corrected chi connectivity index (χ4v) is 0.688. The number of nitrogen functional groups attached to an aromatic ring is 1. The van der Waals surface area contributed by atoms with Gasteiger partial charge in [-0.05, 0) is 13.8 Å². The average molecular weight is 155 g/mol. The Labute approximate surface area is 65.7 Å². The maximum atomic E-state index is 5.55. The lowest BCUT2D eigenvalue weighted by atomic mass is 10.4. The molecule has 1 aromatic heterocycles. The number of anilines is 1. The zero-order valence-electron chi connectivity index (χ0n) is 6.79. The van der Waals surface area contributed by atoms with Gasteiger partial charge in [-0.25, -0.2) is 0 Å². The second-order valence-corrected chi connectivity index (χ2v) is 2.66. The molecule has 4 heteroatoms. The van der Waals surface area contributed by atoms with E-state index in [9.17, 15) is 0 Å². The van der Waals surface area contributed by atoms with Crippen molar-refractivity contribution in [2.45, 2.75) is 26.6 Å². The summed E-state index contributed by atoms with van der Waals surface area (Å²) in [6.07, 6.45) is 1.80. The van der Waals surface area contributed by atoms with Crippen LogP contribution in [0.3, 0.4) is 0 Å². The minimum Gasteiger partial charge on any atom is -0.396 e. The Hall–Kier alpha value is -1.03. The van der Waals surface area contributed by atoms with Crippen molar-refractivity contribution >= 4 is 5.69 Å². The number of ether oxygens (including phenoxy) is 1. The molecule has 11 heavy (non-hydrogen) atoms. The lowest BCUT2D eigenvalue weighted by Crippen LogP contribution is -2.03. The third kappa shape index (κ3) is 2.23. The van der Waals surface area contributed by atoms with Crippen LogP contribution in [0.1, 0.15) is 19.5 Å². The monoisotopic (exact) mass is 155 g/mol. The lowest BCUT2D eigenvalue weighted by Gasteiger charge is -2.05. The van der Waals surface area contributed by atoms with Gasteiger partial charge in [-0.2, -0.15) is 5.10 Å². The van der Waals surface area contributed by atoms with Gasteiger partial charge in [-0.1, -0.05) is 0 Å². The van der Waals surface area contributed by atoms with Crippen LogP contribution in [0.25, 0.3) is 0 Å². The number of aromatic amines is 1. The average Bonchev–Trinajstić information content (AvgIpc) is 2.31. The first-order valence-corrected chi connectivity index (χ1v) is 3.59. The van der Waals surface area contributed by atoms with E-state index in [1.54, 1.807) is 6.20 Å². The number of rotatable bonds is 3. The predicted octanol–water partition coefficient (Wildman–Crippen LogP) is 0.917. The molecule has 1 heterocycles. The summed E-state index contributed by atoms with van der Waals surface area (Å²) in [5, 5.41) is 6.53. The van der Waals surface area contributed by atoms with Crippen LogP contribution in [0.4, 0.5) is 5.69 Å². The molecule has 1 rings (SSSR count). The van der Waals surface area contributed by atoms with Crippen LogP contribution in [-0.2, 0) is 11.3 Å². The van der Waals surface area contributed by atoms with Gasteiger partial charge in [0.15, 0.2) is 0 Å². The second-order valence-electron chi connectivity index (χ2n) is 2.66. The predicted molar refractivity (Wildman–Crippen MR) is 42.9 cm³/mol. The third-order valence-electron chi connectivity index (χ3n) is 1.31. The van der Waals surface area contributed by atoms with Crippen molar-refractivity contribution in [2.75, 3.05) is 5.73 Å². The van der Waals surface area contributed by atoms with Crippen molar-refractivity contribution < 1.29 is 4.74 Å². The van der Waals surface area contributed by atoms with Gasteiger partial charge in [0, 0.05) is 0 Å². The Bertz CT molecular complexity index is 219. The van der Waals surface area contributed by atoms with Gasteiger partial charge >= 0.3 is 0 Å². The molecule has 0 aromatic carbocycles. The van der Waals surface area contributed by atoms with Crippen LogP contribution in [0.2, 0.25) is 0 Å². The van der Waals surface area contributed by atoms with Crippen LogP contribution >= 0.6 is 0 Å². The first-order valence-electron chi connectivity index (χ1n) is 3.59. The van der Waals surface area contributed by atoms with Crippen LogP contribution < -0.4 is 5.73 Å². The highest BCUT2D eigenvalue weighted by molar-refractivity contribution is 5.39. The molecular formula is C7H13N3O. The van der Waals surface area contributed by atoms with Crippen molar-refractivity contribution in [3.63, 3.8) is 0 Å². The molecule has 4 nitrogen and oxygen atoms in total. The standard InChI is InChI=1S/C7H13N3O/c1-5(2)11-4-7-6(8)3-9-10-7/h3,5H,4,8H2,1-2H3,(H,9,10). The van der Waals surface area contributed by atoms with Gasteiger partial charge in [0.25, 0.3) is 0 Å². The van der Waals surface area contributed by atoms with Gasteiger partial charge in [0.1, 0.15) is 0 Å². The molecule has 0 spiro atoms. The summed E-state index contributed by atoms with van der Waals surface area (Å²) in [5.74, 6) is 0. The van der Waals surface area contributed by atoms with Gasteiger partial charge in [-0.15, -0.1) is 0 Å². The topological polar surface area (TPSA) is 63.9 Å². The molecule has 0 bridgehead atoms. The van der Waals surface area contributed by atoms with E-state index in [0.717, 1.165) is 5.69 Å². The first kappa shape index (κ1) is 8.07. The smallest absolute Gasteiger partial charge is 0.0906 e. The van der Waals surface area contributed by atoms with Gasteiger partial charge in [0.2, 0.25) is 0 Å². The van der Waals surface area contributed by atoms with E-state index in [1.807, 2.05) is 13.8 Å². The van der Waals surface area contributed by atoms with Gasteiger partial charge in [-0.3, -0.25) is 5.10 Å². The quantitative estimate of drug-likeness (QED) is 0.682. The largest absolute Gasteiger partial charge is 0.396 e. The number of hydrogen-bond donors (Lipinski definition) is 2. The summed E-state index contributed by atoms with van der Waals surface area (Å²) >= 11 is 0. The molecule has 0 atom stereocenters. The highest BCUT2D eigenvalue weighted by Gasteiger charge is 2.01.